The van der Waals surface area contributed by atoms with E-state index in [1.165, 1.54) is 125 Å². The third kappa shape index (κ3) is 21.8. The number of amides is 6. The van der Waals surface area contributed by atoms with E-state index in [1.54, 1.807) is 79.7 Å². The first-order chi connectivity index (χ1) is 55.8. The number of carbonyl (C=O) groups excluding carboxylic acids is 10. The SMILES string of the molecule is CO[C@H]1/C=C/O[C@@]2(C)Oc3c(C)c(O)c4c(O)c(cc(OCC(=O)NCNC(=O)CBr)c4c3C2=O)NC(=O)/C(C)=C\C=C\[C@H](C)[C@H](O)[C@@H](C)[C@@H](O)[C@@H](C)[C@H](OC(C)=O)[C@@H]1C.CO[C@H]1/C=C/O[C@@]2(C)Oc3c(C)c(O)c4c(O)c(cc(OCC(=O)NCNC(C)=O)c4c3C2=O)NC(=O)/C(C)=C\C=C\[C@H](C)[C@H](O)[C@@H](C)[C@@H](O)[C@@H](C)[C@H](OC(C)=O)[C@@H]1C. The molecule has 0 spiro atoms. The number of benzene rings is 4. The largest absolute Gasteiger partial charge is 0.507 e. The molecule has 35 heteroatoms. The molecule has 0 unspecified atom stereocenters. The van der Waals surface area contributed by atoms with Crippen LogP contribution in [0.2, 0.25) is 0 Å². The third-order valence-electron chi connectivity index (χ3n) is 21.7. The van der Waals surface area contributed by atoms with Crippen LogP contribution >= 0.6 is 15.9 Å². The number of alkyl halides is 1. The van der Waals surface area contributed by atoms with Gasteiger partial charge in [0.05, 0.1) is 101 Å². The highest BCUT2D eigenvalue weighted by Crippen LogP contribution is 2.56. The van der Waals surface area contributed by atoms with Gasteiger partial charge in [-0.1, -0.05) is 108 Å². The number of halogens is 1. The molecule has 18 atom stereocenters. The maximum Gasteiger partial charge on any atom is 0.312 e. The minimum atomic E-state index is -2.07. The van der Waals surface area contributed by atoms with E-state index < -0.39 is 191 Å². The monoisotopic (exact) mass is 1730 g/mol. The molecule has 6 aliphatic rings. The molecule has 6 heterocycles. The number of aliphatic hydroxyl groups is 4. The second-order valence-electron chi connectivity index (χ2n) is 30.4. The molecule has 119 heavy (non-hydrogen) atoms. The first-order valence-corrected chi connectivity index (χ1v) is 39.5. The summed E-state index contributed by atoms with van der Waals surface area (Å²) >= 11 is 3.01. The maximum atomic E-state index is 14.4. The van der Waals surface area contributed by atoms with Crippen molar-refractivity contribution in [2.24, 2.45) is 47.3 Å². The van der Waals surface area contributed by atoms with Gasteiger partial charge in [0.2, 0.25) is 11.8 Å². The van der Waals surface area contributed by atoms with Crippen molar-refractivity contribution in [3.8, 4) is 46.0 Å². The Hall–Kier alpha value is -10.8. The number of rotatable bonds is 15. The molecule has 6 aliphatic heterocycles. The molecule has 10 bridgehead atoms. The molecule has 0 saturated carbocycles. The number of phenolic OH excluding ortho intramolecular Hbond substituents is 4. The fourth-order valence-electron chi connectivity index (χ4n) is 14.4. The number of hydrogen-bond acceptors (Lipinski definition) is 28. The Morgan fingerprint density at radius 3 is 1.18 bits per heavy atom. The zero-order chi connectivity index (χ0) is 88.9. The van der Waals surface area contributed by atoms with E-state index in [9.17, 15) is 88.8 Å². The molecule has 10 rings (SSSR count). The summed E-state index contributed by atoms with van der Waals surface area (Å²) in [5.41, 5.74) is -0.434. The van der Waals surface area contributed by atoms with E-state index in [-0.39, 0.29) is 120 Å². The molecule has 0 aromatic heterocycles. The minimum Gasteiger partial charge on any atom is -0.507 e. The number of esters is 2. The number of aliphatic hydroxyl groups excluding tert-OH is 4. The van der Waals surface area contributed by atoms with Gasteiger partial charge in [-0.15, -0.1) is 0 Å². The van der Waals surface area contributed by atoms with Crippen molar-refractivity contribution in [3.63, 3.8) is 0 Å². The van der Waals surface area contributed by atoms with Crippen molar-refractivity contribution in [1.82, 2.24) is 21.3 Å². The van der Waals surface area contributed by atoms with Gasteiger partial charge < -0.3 is 120 Å². The number of aromatic hydroxyl groups is 4. The molecule has 0 fully saturated rings. The van der Waals surface area contributed by atoms with Crippen LogP contribution in [0.1, 0.15) is 136 Å². The number of methoxy groups -OCH3 is 2. The van der Waals surface area contributed by atoms with Crippen molar-refractivity contribution < 1.29 is 136 Å². The van der Waals surface area contributed by atoms with Gasteiger partial charge in [-0.3, -0.25) is 47.9 Å². The second kappa shape index (κ2) is 40.8. The van der Waals surface area contributed by atoms with Crippen molar-refractivity contribution in [3.05, 3.63) is 107 Å². The number of ketones is 2. The standard InChI is InChI=1S/C42H54BrN3O14.C42H55N3O14/c1-19-11-10-12-20(2)41(55)46-26-15-28(57-17-30(49)45-18-44-29(48)16-43)31-32(37(26)53)36(52)24(6)39-33(31)40(54)42(8,60-39)58-14-13-27(56-9)21(3)38(59-25(7)47)23(5)35(51)22(4)34(19)50;1-19-12-11-13-20(2)41(54)45-27-16-29(56-17-30(48)44-18-43-25(7)46)31-32(37(27)52)36(51)24(6)39-33(31)40(53)42(9,59-39)57-15-14-28(55-10)21(3)38(58-26(8)47)23(5)35(50)22(4)34(19)49/h10-15,19,21-23,27,34-35,38,50-53H,16-18H2,1-9H3,(H,44,48)(H,45,49)(H,46,55);11-16,19,21-23,28,34-35,38,49-52H,17-18H2,1-10H3,(H,43,46)(H,44,48)(H,45,54)/b11-10+,14-13+,20-12-;12-11+,15-14+,20-13-/t19-,21+,22+,23+,27-,34-,35+,38+,42-;19-,21+,22+,23+,28-,34-,35+,38+,42-/m00/s1. The average Bonchev–Trinajstić information content (AvgIpc) is 1.59. The van der Waals surface area contributed by atoms with Crippen molar-refractivity contribution >= 4 is 108 Å². The van der Waals surface area contributed by atoms with Crippen molar-refractivity contribution in [1.29, 1.82) is 0 Å². The second-order valence-corrected chi connectivity index (χ2v) is 31.0. The Bertz CT molecular complexity index is 4730. The Labute approximate surface area is 696 Å². The topological polar surface area (TPSA) is 497 Å². The Kier molecular flexibility index (Phi) is 32.6. The summed E-state index contributed by atoms with van der Waals surface area (Å²) in [5, 5.41) is 106. The number of nitrogens with one attached hydrogen (secondary N) is 6. The zero-order valence-corrected chi connectivity index (χ0v) is 71.4. The van der Waals surface area contributed by atoms with Crippen LogP contribution in [-0.2, 0) is 66.8 Å². The summed E-state index contributed by atoms with van der Waals surface area (Å²) in [6.45, 7) is 24.2. The smallest absolute Gasteiger partial charge is 0.312 e. The third-order valence-corrected chi connectivity index (χ3v) is 22.2. The van der Waals surface area contributed by atoms with Gasteiger partial charge in [-0.25, -0.2) is 0 Å². The van der Waals surface area contributed by atoms with E-state index in [4.69, 9.17) is 47.4 Å². The first-order valence-electron chi connectivity index (χ1n) is 38.4. The molecule has 14 N–H and O–H groups in total. The van der Waals surface area contributed by atoms with Crippen LogP contribution in [0.25, 0.3) is 21.5 Å². The Morgan fingerprint density at radius 1 is 0.487 bits per heavy atom. The van der Waals surface area contributed by atoms with Gasteiger partial charge in [-0.05, 0) is 39.8 Å². The number of phenols is 4. The van der Waals surface area contributed by atoms with Crippen LogP contribution in [0, 0.1) is 61.2 Å². The molecule has 34 nitrogen and oxygen atoms in total. The van der Waals surface area contributed by atoms with E-state index in [0.717, 1.165) is 0 Å². The quantitative estimate of drug-likeness (QED) is 0.0235. The van der Waals surface area contributed by atoms with Gasteiger partial charge in [0, 0.05) is 141 Å². The summed E-state index contributed by atoms with van der Waals surface area (Å²) in [6.07, 6.45) is 6.74. The highest BCUT2D eigenvalue weighted by Gasteiger charge is 2.52. The number of Topliss-reactive ketones (excluding diaryl/α,β-unsaturated/α-hetero) is 2. The number of ether oxygens (including phenoxy) is 10. The molecule has 0 radical (unpaired) electrons. The Balaban J connectivity index is 0.000000328. The van der Waals surface area contributed by atoms with E-state index in [2.05, 4.69) is 47.8 Å². The molecule has 4 aromatic rings. The lowest BCUT2D eigenvalue weighted by Gasteiger charge is -2.38. The summed E-state index contributed by atoms with van der Waals surface area (Å²) in [6, 6.07) is 2.37. The van der Waals surface area contributed by atoms with Crippen molar-refractivity contribution in [2.45, 2.75) is 178 Å². The number of fused-ring (bicyclic) bond motifs is 28. The fraction of sp³-hybridized carbons (Fsp3) is 0.500. The van der Waals surface area contributed by atoms with Gasteiger partial charge in [-0.2, -0.15) is 0 Å². The van der Waals surface area contributed by atoms with Gasteiger partial charge in [0.15, 0.2) is 24.7 Å². The summed E-state index contributed by atoms with van der Waals surface area (Å²) in [5.74, 6) is -18.4. The molecule has 4 aromatic carbocycles. The van der Waals surface area contributed by atoms with Crippen LogP contribution in [0.3, 0.4) is 0 Å². The fourth-order valence-corrected chi connectivity index (χ4v) is 14.6. The predicted octanol–water partition coefficient (Wildman–Crippen LogP) is 7.65. The predicted molar refractivity (Wildman–Crippen MR) is 437 cm³/mol. The van der Waals surface area contributed by atoms with E-state index >= 15 is 0 Å². The lowest BCUT2D eigenvalue weighted by molar-refractivity contribution is -0.161. The van der Waals surface area contributed by atoms with Crippen LogP contribution in [0.15, 0.2) is 84.4 Å². The summed E-state index contributed by atoms with van der Waals surface area (Å²) in [4.78, 5) is 129. The van der Waals surface area contributed by atoms with E-state index in [1.807, 2.05) is 0 Å². The van der Waals surface area contributed by atoms with Crippen molar-refractivity contribution in [2.75, 3.05) is 56.7 Å². The minimum absolute atomic E-state index is 0.00923. The lowest BCUT2D eigenvalue weighted by atomic mass is 9.78. The number of carbonyl (C=O) groups is 10. The van der Waals surface area contributed by atoms with Crippen LogP contribution in [0.4, 0.5) is 11.4 Å². The normalized spacial score (nSPS) is 29.5. The zero-order valence-electron chi connectivity index (χ0n) is 69.8. The average molecular weight is 1730 g/mol. The van der Waals surface area contributed by atoms with Crippen LogP contribution in [-0.4, -0.2) is 206 Å². The highest BCUT2D eigenvalue weighted by atomic mass is 79.9. The van der Waals surface area contributed by atoms with E-state index in [0.29, 0.717) is 0 Å². The Morgan fingerprint density at radius 2 is 0.840 bits per heavy atom. The molecule has 0 saturated heterocycles. The molecular weight excluding hydrogens is 1620 g/mol. The van der Waals surface area contributed by atoms with Crippen LogP contribution < -0.4 is 50.8 Å². The number of anilines is 2. The molecule has 0 aliphatic carbocycles. The van der Waals surface area contributed by atoms with Gasteiger partial charge in [0.25, 0.3) is 35.2 Å². The molecule has 650 valence electrons. The van der Waals surface area contributed by atoms with Gasteiger partial charge >= 0.3 is 23.5 Å². The maximum absolute atomic E-state index is 14.4. The van der Waals surface area contributed by atoms with Crippen LogP contribution in [0.5, 0.6) is 46.0 Å². The molecular formula is C84H109BrN6O28. The summed E-state index contributed by atoms with van der Waals surface area (Å²) in [7, 11) is 2.83. The number of allylic oxidation sites excluding steroid dienone is 4. The lowest BCUT2D eigenvalue weighted by Crippen LogP contribution is -2.46. The first kappa shape index (κ1) is 95.3. The number of hydrogen-bond donors (Lipinski definition) is 14. The summed E-state index contributed by atoms with van der Waals surface area (Å²) < 4.78 is 58.8. The molecule has 6 amide bonds. The highest BCUT2D eigenvalue weighted by molar-refractivity contribution is 9.09. The van der Waals surface area contributed by atoms with Gasteiger partial charge in [0.1, 0.15) is 46.7 Å².